The van der Waals surface area contributed by atoms with Crippen LogP contribution >= 0.6 is 11.8 Å². The zero-order valence-electron chi connectivity index (χ0n) is 6.24. The summed E-state index contributed by atoms with van der Waals surface area (Å²) >= 11 is 1.51. The minimum atomic E-state index is -0.108. The summed E-state index contributed by atoms with van der Waals surface area (Å²) in [5.74, 6) is 0.166. The van der Waals surface area contributed by atoms with Crippen LogP contribution in [0.5, 0.6) is 5.75 Å². The first-order valence-corrected chi connectivity index (χ1v) is 4.47. The van der Waals surface area contributed by atoms with Gasteiger partial charge in [-0.05, 0) is 18.4 Å². The van der Waals surface area contributed by atoms with E-state index in [1.54, 1.807) is 12.1 Å². The van der Waals surface area contributed by atoms with Crippen LogP contribution in [0.1, 0.15) is 5.56 Å². The molecular weight excluding hydrogens is 160 g/mol. The molecule has 0 amide bonds. The average molecular weight is 170 g/mol. The molecule has 0 fully saturated rings. The van der Waals surface area contributed by atoms with Crippen molar-refractivity contribution in [3.8, 4) is 5.75 Å². The van der Waals surface area contributed by atoms with E-state index in [2.05, 4.69) is 0 Å². The third-order valence-electron chi connectivity index (χ3n) is 1.49. The number of benzene rings is 1. The summed E-state index contributed by atoms with van der Waals surface area (Å²) in [6, 6.07) is 5.21. The van der Waals surface area contributed by atoms with Gasteiger partial charge in [0.2, 0.25) is 0 Å². The second kappa shape index (κ2) is 3.64. The van der Waals surface area contributed by atoms with Gasteiger partial charge < -0.3 is 10.2 Å². The molecule has 60 valence electrons. The molecule has 0 aliphatic heterocycles. The zero-order valence-corrected chi connectivity index (χ0v) is 7.06. The lowest BCUT2D eigenvalue weighted by Gasteiger charge is -2.05. The van der Waals surface area contributed by atoms with Crippen molar-refractivity contribution in [1.29, 1.82) is 0 Å². The maximum Gasteiger partial charge on any atom is 0.122 e. The smallest absolute Gasteiger partial charge is 0.122 e. The van der Waals surface area contributed by atoms with Crippen molar-refractivity contribution < 1.29 is 10.2 Å². The van der Waals surface area contributed by atoms with Crippen LogP contribution in [0.25, 0.3) is 0 Å². The quantitative estimate of drug-likeness (QED) is 0.662. The van der Waals surface area contributed by atoms with E-state index in [0.717, 1.165) is 4.90 Å². The normalized spacial score (nSPS) is 10.0. The molecule has 1 rings (SSSR count). The van der Waals surface area contributed by atoms with Crippen molar-refractivity contribution >= 4 is 11.8 Å². The Kier molecular flexibility index (Phi) is 2.79. The number of hydrogen-bond donors (Lipinski definition) is 2. The highest BCUT2D eigenvalue weighted by Crippen LogP contribution is 2.27. The van der Waals surface area contributed by atoms with Crippen molar-refractivity contribution in [3.05, 3.63) is 23.8 Å². The topological polar surface area (TPSA) is 40.5 Å². The summed E-state index contributed by atoms with van der Waals surface area (Å²) in [6.07, 6.45) is 1.91. The first kappa shape index (κ1) is 8.43. The Labute approximate surface area is 69.9 Å². The third-order valence-corrected chi connectivity index (χ3v) is 2.31. The van der Waals surface area contributed by atoms with E-state index in [1.807, 2.05) is 12.3 Å². The highest BCUT2D eigenvalue weighted by molar-refractivity contribution is 7.98. The predicted molar refractivity (Wildman–Crippen MR) is 45.8 cm³/mol. The number of hydrogen-bond acceptors (Lipinski definition) is 3. The molecule has 1 aromatic rings. The monoisotopic (exact) mass is 170 g/mol. The van der Waals surface area contributed by atoms with Gasteiger partial charge in [-0.15, -0.1) is 11.8 Å². The summed E-state index contributed by atoms with van der Waals surface area (Å²) in [7, 11) is 0. The van der Waals surface area contributed by atoms with Crippen LogP contribution in [-0.4, -0.2) is 16.5 Å². The van der Waals surface area contributed by atoms with Gasteiger partial charge in [0, 0.05) is 10.5 Å². The summed E-state index contributed by atoms with van der Waals surface area (Å²) in [5, 5.41) is 18.1. The molecular formula is C8H10O2S. The Morgan fingerprint density at radius 3 is 2.64 bits per heavy atom. The predicted octanol–water partition coefficient (Wildman–Crippen LogP) is 1.61. The van der Waals surface area contributed by atoms with E-state index in [0.29, 0.717) is 5.56 Å². The average Bonchev–Trinajstić information content (AvgIpc) is 2.04. The molecule has 2 nitrogen and oxygen atoms in total. The van der Waals surface area contributed by atoms with Gasteiger partial charge in [-0.2, -0.15) is 0 Å². The van der Waals surface area contributed by atoms with Crippen LogP contribution in [0.4, 0.5) is 0 Å². The van der Waals surface area contributed by atoms with Gasteiger partial charge in [-0.1, -0.05) is 6.07 Å². The summed E-state index contributed by atoms with van der Waals surface area (Å²) < 4.78 is 0. The fourth-order valence-corrected chi connectivity index (χ4v) is 1.53. The number of aliphatic hydroxyl groups is 1. The van der Waals surface area contributed by atoms with Gasteiger partial charge in [-0.3, -0.25) is 0 Å². The highest BCUT2D eigenvalue weighted by atomic mass is 32.2. The fraction of sp³-hybridized carbons (Fsp3) is 0.250. The van der Waals surface area contributed by atoms with E-state index in [-0.39, 0.29) is 12.4 Å². The lowest BCUT2D eigenvalue weighted by molar-refractivity contribution is 0.272. The largest absolute Gasteiger partial charge is 0.508 e. The molecule has 0 radical (unpaired) electrons. The number of aromatic hydroxyl groups is 1. The summed E-state index contributed by atoms with van der Waals surface area (Å²) in [4.78, 5) is 0.924. The second-order valence-corrected chi connectivity index (χ2v) is 2.96. The third kappa shape index (κ3) is 1.67. The van der Waals surface area contributed by atoms with Crippen LogP contribution in [0, 0.1) is 0 Å². The van der Waals surface area contributed by atoms with Crippen molar-refractivity contribution in [1.82, 2.24) is 0 Å². The standard InChI is InChI=1S/C8H10O2S/c1-11-8-4-2-3-7(10)6(8)5-9/h2-4,9-10H,5H2,1H3. The van der Waals surface area contributed by atoms with E-state index in [4.69, 9.17) is 5.11 Å². The molecule has 2 N–H and O–H groups in total. The molecule has 3 heteroatoms. The van der Waals surface area contributed by atoms with Gasteiger partial charge in [0.1, 0.15) is 5.75 Å². The van der Waals surface area contributed by atoms with Crippen molar-refractivity contribution in [2.45, 2.75) is 11.5 Å². The van der Waals surface area contributed by atoms with Crippen LogP contribution in [0.3, 0.4) is 0 Å². The number of rotatable bonds is 2. The first-order chi connectivity index (χ1) is 5.29. The number of thioether (sulfide) groups is 1. The van der Waals surface area contributed by atoms with Gasteiger partial charge >= 0.3 is 0 Å². The molecule has 0 saturated carbocycles. The van der Waals surface area contributed by atoms with E-state index in [9.17, 15) is 5.11 Å². The van der Waals surface area contributed by atoms with Crippen molar-refractivity contribution in [2.75, 3.05) is 6.26 Å². The molecule has 0 unspecified atom stereocenters. The molecule has 0 bridgehead atoms. The number of aliphatic hydroxyl groups excluding tert-OH is 1. The van der Waals surface area contributed by atoms with Crippen LogP contribution < -0.4 is 0 Å². The van der Waals surface area contributed by atoms with Crippen LogP contribution in [0.2, 0.25) is 0 Å². The SMILES string of the molecule is CSc1cccc(O)c1CO. The minimum Gasteiger partial charge on any atom is -0.508 e. The molecule has 0 aromatic heterocycles. The Balaban J connectivity index is 3.13. The Morgan fingerprint density at radius 2 is 2.18 bits per heavy atom. The van der Waals surface area contributed by atoms with E-state index >= 15 is 0 Å². The molecule has 0 spiro atoms. The van der Waals surface area contributed by atoms with Gasteiger partial charge in [0.15, 0.2) is 0 Å². The van der Waals surface area contributed by atoms with Crippen LogP contribution in [-0.2, 0) is 6.61 Å². The molecule has 0 aliphatic rings. The summed E-state index contributed by atoms with van der Waals surface area (Å²) in [6.45, 7) is -0.108. The lowest BCUT2D eigenvalue weighted by Crippen LogP contribution is -1.86. The van der Waals surface area contributed by atoms with Crippen molar-refractivity contribution in [3.63, 3.8) is 0 Å². The molecule has 1 aromatic carbocycles. The highest BCUT2D eigenvalue weighted by Gasteiger charge is 2.03. The fourth-order valence-electron chi connectivity index (χ4n) is 0.904. The molecule has 0 heterocycles. The molecule has 0 atom stereocenters. The Hall–Kier alpha value is -0.670. The zero-order chi connectivity index (χ0) is 8.27. The first-order valence-electron chi connectivity index (χ1n) is 3.25. The van der Waals surface area contributed by atoms with E-state index in [1.165, 1.54) is 11.8 Å². The molecule has 11 heavy (non-hydrogen) atoms. The van der Waals surface area contributed by atoms with E-state index < -0.39 is 0 Å². The second-order valence-electron chi connectivity index (χ2n) is 2.12. The number of phenols is 1. The van der Waals surface area contributed by atoms with Gasteiger partial charge in [0.25, 0.3) is 0 Å². The van der Waals surface area contributed by atoms with Gasteiger partial charge in [-0.25, -0.2) is 0 Å². The maximum absolute atomic E-state index is 9.25. The van der Waals surface area contributed by atoms with Gasteiger partial charge in [0.05, 0.1) is 6.61 Å². The van der Waals surface area contributed by atoms with Crippen molar-refractivity contribution in [2.24, 2.45) is 0 Å². The Morgan fingerprint density at radius 1 is 1.45 bits per heavy atom. The maximum atomic E-state index is 9.25. The minimum absolute atomic E-state index is 0.108. The Bertz CT molecular complexity index is 248. The lowest BCUT2D eigenvalue weighted by atomic mass is 10.2. The molecule has 0 saturated heterocycles. The van der Waals surface area contributed by atoms with Crippen LogP contribution in [0.15, 0.2) is 23.1 Å². The molecule has 0 aliphatic carbocycles. The summed E-state index contributed by atoms with van der Waals surface area (Å²) in [5.41, 5.74) is 0.611.